The molecule has 1 aromatic rings. The molecule has 1 aromatic heterocycles. The SMILES string of the molecule is Cc1cc(NCC2CCC3(CC(C(=O)O)C3)O2)nc(C)n1. The Morgan fingerprint density at radius 1 is 1.48 bits per heavy atom. The maximum atomic E-state index is 10.9. The number of ether oxygens (including phenoxy) is 1. The van der Waals surface area contributed by atoms with Crippen LogP contribution in [0.15, 0.2) is 6.07 Å². The number of hydrogen-bond donors (Lipinski definition) is 2. The van der Waals surface area contributed by atoms with E-state index in [2.05, 4.69) is 15.3 Å². The van der Waals surface area contributed by atoms with Gasteiger partial charge in [0.25, 0.3) is 0 Å². The third-order valence-electron chi connectivity index (χ3n) is 4.40. The van der Waals surface area contributed by atoms with Crippen molar-refractivity contribution in [3.05, 3.63) is 17.6 Å². The van der Waals surface area contributed by atoms with E-state index in [9.17, 15) is 4.79 Å². The molecule has 1 spiro atoms. The van der Waals surface area contributed by atoms with Crippen molar-refractivity contribution >= 4 is 11.8 Å². The summed E-state index contributed by atoms with van der Waals surface area (Å²) in [6, 6.07) is 1.92. The van der Waals surface area contributed by atoms with Crippen molar-refractivity contribution in [2.24, 2.45) is 5.92 Å². The second-order valence-corrected chi connectivity index (χ2v) is 6.23. The van der Waals surface area contributed by atoms with Crippen LogP contribution in [0.25, 0.3) is 0 Å². The summed E-state index contributed by atoms with van der Waals surface area (Å²) in [5.74, 6) is 0.660. The van der Waals surface area contributed by atoms with Crippen molar-refractivity contribution in [3.8, 4) is 0 Å². The highest BCUT2D eigenvalue weighted by atomic mass is 16.5. The molecule has 3 rings (SSSR count). The summed E-state index contributed by atoms with van der Waals surface area (Å²) >= 11 is 0. The van der Waals surface area contributed by atoms with E-state index in [1.807, 2.05) is 19.9 Å². The number of anilines is 1. The molecule has 0 aromatic carbocycles. The number of aromatic nitrogens is 2. The Morgan fingerprint density at radius 3 is 2.90 bits per heavy atom. The van der Waals surface area contributed by atoms with Crippen molar-refractivity contribution in [2.45, 2.75) is 51.2 Å². The van der Waals surface area contributed by atoms with Gasteiger partial charge in [-0.15, -0.1) is 0 Å². The molecule has 21 heavy (non-hydrogen) atoms. The number of aliphatic carboxylic acids is 1. The standard InChI is InChI=1S/C15H21N3O3/c1-9-5-13(18-10(2)17-9)16-8-12-3-4-15(21-12)6-11(7-15)14(19)20/h5,11-12H,3-4,6-8H2,1-2H3,(H,19,20)(H,16,17,18). The minimum atomic E-state index is -0.697. The van der Waals surface area contributed by atoms with Crippen LogP contribution in [0.2, 0.25) is 0 Å². The Balaban J connectivity index is 1.51. The van der Waals surface area contributed by atoms with Crippen LogP contribution in [0.5, 0.6) is 0 Å². The van der Waals surface area contributed by atoms with E-state index in [-0.39, 0.29) is 17.6 Å². The first-order valence-electron chi connectivity index (χ1n) is 7.43. The third-order valence-corrected chi connectivity index (χ3v) is 4.40. The molecule has 1 unspecified atom stereocenters. The molecule has 0 amide bonds. The first-order chi connectivity index (χ1) is 9.96. The minimum absolute atomic E-state index is 0.135. The normalized spacial score (nSPS) is 31.1. The molecular weight excluding hydrogens is 270 g/mol. The van der Waals surface area contributed by atoms with E-state index >= 15 is 0 Å². The Hall–Kier alpha value is -1.69. The number of aryl methyl sites for hydroxylation is 2. The zero-order chi connectivity index (χ0) is 15.0. The first-order valence-corrected chi connectivity index (χ1v) is 7.43. The van der Waals surface area contributed by atoms with Crippen LogP contribution in [0.4, 0.5) is 5.82 Å². The number of nitrogens with zero attached hydrogens (tertiary/aromatic N) is 2. The largest absolute Gasteiger partial charge is 0.481 e. The summed E-state index contributed by atoms with van der Waals surface area (Å²) in [6.45, 7) is 4.52. The van der Waals surface area contributed by atoms with E-state index < -0.39 is 5.97 Å². The van der Waals surface area contributed by atoms with Gasteiger partial charge in [-0.05, 0) is 39.5 Å². The van der Waals surface area contributed by atoms with Gasteiger partial charge in [-0.3, -0.25) is 4.79 Å². The van der Waals surface area contributed by atoms with Crippen LogP contribution in [-0.2, 0) is 9.53 Å². The highest BCUT2D eigenvalue weighted by Gasteiger charge is 2.52. The molecule has 114 valence electrons. The van der Waals surface area contributed by atoms with Gasteiger partial charge in [0, 0.05) is 18.3 Å². The maximum Gasteiger partial charge on any atom is 0.306 e. The Labute approximate surface area is 123 Å². The highest BCUT2D eigenvalue weighted by Crippen LogP contribution is 2.49. The molecule has 0 radical (unpaired) electrons. The topological polar surface area (TPSA) is 84.3 Å². The molecule has 2 aliphatic rings. The minimum Gasteiger partial charge on any atom is -0.481 e. The van der Waals surface area contributed by atoms with Gasteiger partial charge < -0.3 is 15.2 Å². The van der Waals surface area contributed by atoms with Crippen LogP contribution in [-0.4, -0.2) is 39.3 Å². The van der Waals surface area contributed by atoms with Crippen molar-refractivity contribution in [3.63, 3.8) is 0 Å². The summed E-state index contributed by atoms with van der Waals surface area (Å²) in [6.07, 6.45) is 3.39. The number of nitrogens with one attached hydrogen (secondary N) is 1. The lowest BCUT2D eigenvalue weighted by Crippen LogP contribution is -2.47. The predicted octanol–water partition coefficient (Wildman–Crippen LogP) is 1.92. The van der Waals surface area contributed by atoms with Crippen molar-refractivity contribution in [1.29, 1.82) is 0 Å². The van der Waals surface area contributed by atoms with Crippen molar-refractivity contribution in [1.82, 2.24) is 9.97 Å². The third kappa shape index (κ3) is 3.00. The van der Waals surface area contributed by atoms with E-state index in [1.165, 1.54) is 0 Å². The van der Waals surface area contributed by atoms with Crippen molar-refractivity contribution < 1.29 is 14.6 Å². The highest BCUT2D eigenvalue weighted by molar-refractivity contribution is 5.71. The molecule has 1 atom stereocenters. The molecule has 6 heteroatoms. The molecule has 0 bridgehead atoms. The second-order valence-electron chi connectivity index (χ2n) is 6.23. The Morgan fingerprint density at radius 2 is 2.24 bits per heavy atom. The second kappa shape index (κ2) is 5.26. The summed E-state index contributed by atoms with van der Waals surface area (Å²) in [5, 5.41) is 12.3. The molecule has 6 nitrogen and oxygen atoms in total. The quantitative estimate of drug-likeness (QED) is 0.881. The van der Waals surface area contributed by atoms with Gasteiger partial charge in [0.05, 0.1) is 17.6 Å². The fourth-order valence-corrected chi connectivity index (χ4v) is 3.38. The van der Waals surface area contributed by atoms with Gasteiger partial charge in [-0.2, -0.15) is 0 Å². The first kappa shape index (κ1) is 14.3. The average Bonchev–Trinajstić information content (AvgIpc) is 2.77. The lowest BCUT2D eigenvalue weighted by Gasteiger charge is -2.42. The molecule has 2 N–H and O–H groups in total. The van der Waals surface area contributed by atoms with Crippen LogP contribution < -0.4 is 5.32 Å². The lowest BCUT2D eigenvalue weighted by atomic mass is 9.69. The summed E-state index contributed by atoms with van der Waals surface area (Å²) in [5.41, 5.74) is 0.768. The fourth-order valence-electron chi connectivity index (χ4n) is 3.38. The van der Waals surface area contributed by atoms with Gasteiger partial charge in [0.1, 0.15) is 11.6 Å². The van der Waals surface area contributed by atoms with E-state index in [0.29, 0.717) is 19.4 Å². The molecular formula is C15H21N3O3. The van der Waals surface area contributed by atoms with E-state index in [0.717, 1.165) is 30.2 Å². The predicted molar refractivity (Wildman–Crippen MR) is 77.2 cm³/mol. The van der Waals surface area contributed by atoms with Gasteiger partial charge in [0.2, 0.25) is 0 Å². The molecule has 1 saturated carbocycles. The summed E-state index contributed by atoms with van der Waals surface area (Å²) in [4.78, 5) is 19.5. The zero-order valence-corrected chi connectivity index (χ0v) is 12.4. The smallest absolute Gasteiger partial charge is 0.306 e. The number of hydrogen-bond acceptors (Lipinski definition) is 5. The van der Waals surface area contributed by atoms with Gasteiger partial charge >= 0.3 is 5.97 Å². The van der Waals surface area contributed by atoms with Crippen LogP contribution in [0.1, 0.15) is 37.2 Å². The average molecular weight is 291 g/mol. The van der Waals surface area contributed by atoms with Gasteiger partial charge in [-0.25, -0.2) is 9.97 Å². The Bertz CT molecular complexity index is 535. The number of rotatable bonds is 4. The van der Waals surface area contributed by atoms with E-state index in [4.69, 9.17) is 9.84 Å². The van der Waals surface area contributed by atoms with Gasteiger partial charge in [0.15, 0.2) is 0 Å². The molecule has 1 aliphatic heterocycles. The number of carboxylic acids is 1. The van der Waals surface area contributed by atoms with E-state index in [1.54, 1.807) is 0 Å². The van der Waals surface area contributed by atoms with Crippen LogP contribution in [0, 0.1) is 19.8 Å². The lowest BCUT2D eigenvalue weighted by molar-refractivity contribution is -0.164. The molecule has 2 heterocycles. The Kier molecular flexibility index (Phi) is 3.57. The maximum absolute atomic E-state index is 10.9. The fraction of sp³-hybridized carbons (Fsp3) is 0.667. The molecule has 1 aliphatic carbocycles. The number of carboxylic acid groups (broad SMARTS) is 1. The van der Waals surface area contributed by atoms with Crippen molar-refractivity contribution in [2.75, 3.05) is 11.9 Å². The number of carbonyl (C=O) groups is 1. The molecule has 1 saturated heterocycles. The summed E-state index contributed by atoms with van der Waals surface area (Å²) < 4.78 is 6.08. The van der Waals surface area contributed by atoms with Gasteiger partial charge in [-0.1, -0.05) is 0 Å². The summed E-state index contributed by atoms with van der Waals surface area (Å²) in [7, 11) is 0. The monoisotopic (exact) mass is 291 g/mol. The van der Waals surface area contributed by atoms with Crippen LogP contribution >= 0.6 is 0 Å². The van der Waals surface area contributed by atoms with Crippen LogP contribution in [0.3, 0.4) is 0 Å². The molecule has 2 fully saturated rings. The zero-order valence-electron chi connectivity index (χ0n) is 12.4.